The lowest BCUT2D eigenvalue weighted by Crippen LogP contribution is -2.32. The molecule has 6 nitrogen and oxygen atoms in total. The van der Waals surface area contributed by atoms with Crippen LogP contribution in [0.3, 0.4) is 0 Å². The molecule has 21 heavy (non-hydrogen) atoms. The zero-order valence-electron chi connectivity index (χ0n) is 11.7. The van der Waals surface area contributed by atoms with Crippen LogP contribution in [0.1, 0.15) is 16.9 Å². The molecule has 0 aliphatic carbocycles. The maximum atomic E-state index is 11.7. The van der Waals surface area contributed by atoms with E-state index in [2.05, 4.69) is 15.8 Å². The fraction of sp³-hybridized carbons (Fsp3) is 0.133. The van der Waals surface area contributed by atoms with Gasteiger partial charge in [-0.05, 0) is 49.2 Å². The van der Waals surface area contributed by atoms with Crippen LogP contribution in [0.5, 0.6) is 0 Å². The van der Waals surface area contributed by atoms with Crippen LogP contribution in [0.15, 0.2) is 46.1 Å². The van der Waals surface area contributed by atoms with Crippen molar-refractivity contribution in [1.82, 2.24) is 5.43 Å². The molecule has 1 aromatic carbocycles. The number of carbonyl (C=O) groups is 2. The number of carbonyl (C=O) groups excluding carboxylic acids is 2. The summed E-state index contributed by atoms with van der Waals surface area (Å²) in [5, 5.41) is 6.13. The average Bonchev–Trinajstić information content (AvgIpc) is 2.96. The highest BCUT2D eigenvalue weighted by molar-refractivity contribution is 6.39. The Balaban J connectivity index is 1.90. The summed E-state index contributed by atoms with van der Waals surface area (Å²) in [6, 6.07) is 8.77. The van der Waals surface area contributed by atoms with Crippen LogP contribution in [-0.2, 0) is 9.59 Å². The number of benzene rings is 1. The first-order chi connectivity index (χ1) is 10.1. The zero-order chi connectivity index (χ0) is 15.2. The number of hydrazone groups is 1. The van der Waals surface area contributed by atoms with Crippen LogP contribution in [0.4, 0.5) is 5.69 Å². The van der Waals surface area contributed by atoms with Gasteiger partial charge in [-0.3, -0.25) is 9.59 Å². The first kappa shape index (κ1) is 14.5. The molecule has 1 heterocycles. The van der Waals surface area contributed by atoms with Crippen LogP contribution < -0.4 is 10.7 Å². The van der Waals surface area contributed by atoms with Gasteiger partial charge in [-0.1, -0.05) is 6.07 Å². The van der Waals surface area contributed by atoms with Gasteiger partial charge in [-0.2, -0.15) is 5.10 Å². The number of nitrogens with one attached hydrogen (secondary N) is 2. The number of hydrogen-bond acceptors (Lipinski definition) is 4. The Bertz CT molecular complexity index is 675. The third-order valence-electron chi connectivity index (χ3n) is 2.87. The van der Waals surface area contributed by atoms with Crippen LogP contribution in [0.25, 0.3) is 0 Å². The number of furan rings is 1. The summed E-state index contributed by atoms with van der Waals surface area (Å²) >= 11 is 0. The van der Waals surface area contributed by atoms with E-state index in [4.69, 9.17) is 4.42 Å². The van der Waals surface area contributed by atoms with Gasteiger partial charge in [0, 0.05) is 5.69 Å². The molecular formula is C15H15N3O3. The molecule has 0 aliphatic heterocycles. The van der Waals surface area contributed by atoms with Gasteiger partial charge in [0.25, 0.3) is 0 Å². The lowest BCUT2D eigenvalue weighted by Gasteiger charge is -2.06. The Labute approximate surface area is 121 Å². The van der Waals surface area contributed by atoms with Gasteiger partial charge >= 0.3 is 11.8 Å². The van der Waals surface area contributed by atoms with E-state index in [1.807, 2.05) is 19.9 Å². The van der Waals surface area contributed by atoms with E-state index >= 15 is 0 Å². The maximum Gasteiger partial charge on any atom is 0.329 e. The molecule has 2 rings (SSSR count). The van der Waals surface area contributed by atoms with Gasteiger partial charge in [0.1, 0.15) is 5.76 Å². The summed E-state index contributed by atoms with van der Waals surface area (Å²) in [6.07, 6.45) is 2.79. The molecule has 0 saturated heterocycles. The van der Waals surface area contributed by atoms with Crippen molar-refractivity contribution in [3.05, 3.63) is 53.5 Å². The van der Waals surface area contributed by atoms with Crippen molar-refractivity contribution in [2.75, 3.05) is 5.32 Å². The third-order valence-corrected chi connectivity index (χ3v) is 2.87. The first-order valence-electron chi connectivity index (χ1n) is 6.31. The second kappa shape index (κ2) is 6.51. The van der Waals surface area contributed by atoms with Crippen LogP contribution in [-0.4, -0.2) is 18.0 Å². The van der Waals surface area contributed by atoms with E-state index < -0.39 is 11.8 Å². The molecule has 0 bridgehead atoms. The van der Waals surface area contributed by atoms with Crippen molar-refractivity contribution in [3.8, 4) is 0 Å². The van der Waals surface area contributed by atoms with E-state index in [-0.39, 0.29) is 0 Å². The minimum atomic E-state index is -0.851. The zero-order valence-corrected chi connectivity index (χ0v) is 11.7. The van der Waals surface area contributed by atoms with E-state index in [1.54, 1.807) is 24.3 Å². The van der Waals surface area contributed by atoms with E-state index in [9.17, 15) is 9.59 Å². The fourth-order valence-corrected chi connectivity index (χ4v) is 1.58. The van der Waals surface area contributed by atoms with Gasteiger partial charge in [0.15, 0.2) is 0 Å². The number of hydrogen-bond donors (Lipinski definition) is 2. The highest BCUT2D eigenvalue weighted by atomic mass is 16.3. The fourth-order valence-electron chi connectivity index (χ4n) is 1.58. The molecule has 6 heteroatoms. The lowest BCUT2D eigenvalue weighted by atomic mass is 10.1. The number of nitrogens with zero attached hydrogens (tertiary/aromatic N) is 1. The second-order valence-corrected chi connectivity index (χ2v) is 4.47. The molecule has 0 atom stereocenters. The maximum absolute atomic E-state index is 11.7. The topological polar surface area (TPSA) is 83.7 Å². The lowest BCUT2D eigenvalue weighted by molar-refractivity contribution is -0.136. The predicted molar refractivity (Wildman–Crippen MR) is 79.0 cm³/mol. The SMILES string of the molecule is Cc1ccc(NC(=O)C(=O)N/N=C\c2ccco2)cc1C. The average molecular weight is 285 g/mol. The molecule has 0 unspecified atom stereocenters. The van der Waals surface area contributed by atoms with Crippen LogP contribution in [0, 0.1) is 13.8 Å². The predicted octanol–water partition coefficient (Wildman–Crippen LogP) is 1.99. The van der Waals surface area contributed by atoms with Gasteiger partial charge in [0.05, 0.1) is 12.5 Å². The normalized spacial score (nSPS) is 10.6. The van der Waals surface area contributed by atoms with Crippen molar-refractivity contribution in [1.29, 1.82) is 0 Å². The van der Waals surface area contributed by atoms with Crippen LogP contribution in [0.2, 0.25) is 0 Å². The van der Waals surface area contributed by atoms with Crippen molar-refractivity contribution in [3.63, 3.8) is 0 Å². The second-order valence-electron chi connectivity index (χ2n) is 4.47. The summed E-state index contributed by atoms with van der Waals surface area (Å²) in [6.45, 7) is 3.90. The van der Waals surface area contributed by atoms with Gasteiger partial charge in [-0.25, -0.2) is 5.43 Å². The van der Waals surface area contributed by atoms with Gasteiger partial charge in [0.2, 0.25) is 0 Å². The van der Waals surface area contributed by atoms with Crippen molar-refractivity contribution in [2.24, 2.45) is 5.10 Å². The largest absolute Gasteiger partial charge is 0.463 e. The Morgan fingerprint density at radius 3 is 2.62 bits per heavy atom. The molecule has 0 fully saturated rings. The van der Waals surface area contributed by atoms with Gasteiger partial charge < -0.3 is 9.73 Å². The molecule has 1 aromatic heterocycles. The first-order valence-corrected chi connectivity index (χ1v) is 6.31. The smallest absolute Gasteiger partial charge is 0.329 e. The van der Waals surface area contributed by atoms with E-state index in [1.165, 1.54) is 12.5 Å². The minimum absolute atomic E-state index is 0.477. The quantitative estimate of drug-likeness (QED) is 0.514. The number of anilines is 1. The molecule has 2 amide bonds. The molecule has 108 valence electrons. The van der Waals surface area contributed by atoms with Crippen LogP contribution >= 0.6 is 0 Å². The number of rotatable bonds is 3. The number of aryl methyl sites for hydroxylation is 2. The standard InChI is InChI=1S/C15H15N3O3/c1-10-5-6-12(8-11(10)2)17-14(19)15(20)18-16-9-13-4-3-7-21-13/h3-9H,1-2H3,(H,17,19)(H,18,20)/b16-9-. The molecule has 0 aliphatic rings. The highest BCUT2D eigenvalue weighted by Crippen LogP contribution is 2.13. The molecule has 2 aromatic rings. The monoisotopic (exact) mass is 285 g/mol. The van der Waals surface area contributed by atoms with Crippen molar-refractivity contribution in [2.45, 2.75) is 13.8 Å². The van der Waals surface area contributed by atoms with Crippen molar-refractivity contribution < 1.29 is 14.0 Å². The number of amides is 2. The van der Waals surface area contributed by atoms with E-state index in [0.29, 0.717) is 11.4 Å². The Hall–Kier alpha value is -2.89. The highest BCUT2D eigenvalue weighted by Gasteiger charge is 2.13. The Morgan fingerprint density at radius 1 is 1.14 bits per heavy atom. The summed E-state index contributed by atoms with van der Waals surface area (Å²) in [4.78, 5) is 23.2. The molecule has 0 spiro atoms. The summed E-state index contributed by atoms with van der Waals surface area (Å²) in [7, 11) is 0. The molecular weight excluding hydrogens is 270 g/mol. The molecule has 0 saturated carbocycles. The van der Waals surface area contributed by atoms with Crippen molar-refractivity contribution >= 4 is 23.7 Å². The summed E-state index contributed by atoms with van der Waals surface area (Å²) < 4.78 is 4.99. The Kier molecular flexibility index (Phi) is 4.50. The summed E-state index contributed by atoms with van der Waals surface area (Å²) in [5.74, 6) is -1.16. The Morgan fingerprint density at radius 2 is 1.95 bits per heavy atom. The molecule has 2 N–H and O–H groups in total. The molecule has 0 radical (unpaired) electrons. The third kappa shape index (κ3) is 4.04. The van der Waals surface area contributed by atoms with Gasteiger partial charge in [-0.15, -0.1) is 0 Å². The minimum Gasteiger partial charge on any atom is -0.463 e. The van der Waals surface area contributed by atoms with E-state index in [0.717, 1.165) is 11.1 Å². The summed E-state index contributed by atoms with van der Waals surface area (Å²) in [5.41, 5.74) is 4.83.